The van der Waals surface area contributed by atoms with Crippen LogP contribution in [-0.4, -0.2) is 41.1 Å². The summed E-state index contributed by atoms with van der Waals surface area (Å²) in [6.07, 6.45) is 0. The third kappa shape index (κ3) is 3.63. The number of Topliss-reactive ketones (excluding diaryl/α,β-unsaturated/α-hetero) is 1. The lowest BCUT2D eigenvalue weighted by Gasteiger charge is -2.20. The first-order chi connectivity index (χ1) is 12.7. The molecular weight excluding hydrogens is 413 g/mol. The van der Waals surface area contributed by atoms with E-state index in [0.29, 0.717) is 4.88 Å². The number of hydrogen-bond acceptors (Lipinski definition) is 6. The Bertz CT molecular complexity index is 943. The number of ether oxygens (including phenoxy) is 1. The van der Waals surface area contributed by atoms with Gasteiger partial charge in [-0.25, -0.2) is 4.79 Å². The van der Waals surface area contributed by atoms with Crippen molar-refractivity contribution < 1.29 is 23.9 Å². The second kappa shape index (κ2) is 7.42. The van der Waals surface area contributed by atoms with Crippen molar-refractivity contribution in [3.05, 3.63) is 55.2 Å². The normalized spacial score (nSPS) is 14.3. The number of fused-ring (bicyclic) bond motifs is 1. The van der Waals surface area contributed by atoms with Crippen LogP contribution in [-0.2, 0) is 9.53 Å². The highest BCUT2D eigenvalue weighted by atomic mass is 35.5. The van der Waals surface area contributed by atoms with Gasteiger partial charge in [0.15, 0.2) is 6.61 Å². The van der Waals surface area contributed by atoms with Gasteiger partial charge in [-0.3, -0.25) is 19.3 Å². The topological polar surface area (TPSA) is 80.8 Å². The van der Waals surface area contributed by atoms with Crippen LogP contribution in [0.4, 0.5) is 0 Å². The summed E-state index contributed by atoms with van der Waals surface area (Å²) in [4.78, 5) is 51.5. The first-order valence-corrected chi connectivity index (χ1v) is 9.41. The second-order valence-electron chi connectivity index (χ2n) is 5.91. The molecule has 0 spiro atoms. The highest BCUT2D eigenvalue weighted by molar-refractivity contribution is 7.14. The number of amides is 2. The lowest BCUT2D eigenvalue weighted by atomic mass is 10.1. The summed E-state index contributed by atoms with van der Waals surface area (Å²) in [5, 5.41) is 0.260. The Hall–Kier alpha value is -2.22. The van der Waals surface area contributed by atoms with Crippen LogP contribution in [0.5, 0.6) is 0 Å². The van der Waals surface area contributed by atoms with E-state index >= 15 is 0 Å². The second-order valence-corrected chi connectivity index (χ2v) is 8.01. The Labute approximate surface area is 168 Å². The number of thiophene rings is 1. The van der Waals surface area contributed by atoms with Gasteiger partial charge in [0.05, 0.1) is 26.0 Å². The highest BCUT2D eigenvalue weighted by Gasteiger charge is 2.42. The van der Waals surface area contributed by atoms with Crippen molar-refractivity contribution in [3.63, 3.8) is 0 Å². The minimum absolute atomic E-state index is 0.0687. The molecule has 1 aliphatic rings. The largest absolute Gasteiger partial charge is 0.456 e. The van der Waals surface area contributed by atoms with Gasteiger partial charge in [-0.2, -0.15) is 0 Å². The number of ketones is 1. The lowest BCUT2D eigenvalue weighted by molar-refractivity contribution is -0.146. The fraction of sp³-hybridized carbons (Fsp3) is 0.222. The van der Waals surface area contributed by atoms with Gasteiger partial charge in [0, 0.05) is 4.88 Å². The molecule has 0 saturated carbocycles. The van der Waals surface area contributed by atoms with Crippen molar-refractivity contribution in [1.82, 2.24) is 4.90 Å². The standard InChI is InChI=1S/C18H13Cl2NO5S/c1-8-3-4-15(27-8)14(22)7-26-18(25)9(2)21-16(23)10-5-12(19)13(20)6-11(10)17(21)24/h3-6,9H,7H2,1-2H3. The summed E-state index contributed by atoms with van der Waals surface area (Å²) < 4.78 is 5.00. The molecule has 0 fully saturated rings. The molecular formula is C18H13Cl2NO5S. The van der Waals surface area contributed by atoms with E-state index in [9.17, 15) is 19.2 Å². The fourth-order valence-electron chi connectivity index (χ4n) is 2.62. The fourth-order valence-corrected chi connectivity index (χ4v) is 3.74. The van der Waals surface area contributed by atoms with Crippen molar-refractivity contribution in [3.8, 4) is 0 Å². The number of aryl methyl sites for hydroxylation is 1. The molecule has 6 nitrogen and oxygen atoms in total. The van der Waals surface area contributed by atoms with Crippen molar-refractivity contribution >= 4 is 58.1 Å². The molecule has 0 N–H and O–H groups in total. The zero-order chi connectivity index (χ0) is 19.9. The number of benzene rings is 1. The van der Waals surface area contributed by atoms with E-state index in [0.717, 1.165) is 9.78 Å². The van der Waals surface area contributed by atoms with Crippen LogP contribution in [0.25, 0.3) is 0 Å². The third-order valence-corrected chi connectivity index (χ3v) is 5.81. The van der Waals surface area contributed by atoms with Crippen molar-refractivity contribution in [2.24, 2.45) is 0 Å². The Kier molecular flexibility index (Phi) is 5.37. The predicted molar refractivity (Wildman–Crippen MR) is 101 cm³/mol. The van der Waals surface area contributed by atoms with E-state index in [4.69, 9.17) is 27.9 Å². The molecule has 2 amide bonds. The van der Waals surface area contributed by atoms with Gasteiger partial charge in [0.2, 0.25) is 5.78 Å². The highest BCUT2D eigenvalue weighted by Crippen LogP contribution is 2.32. The first kappa shape index (κ1) is 19.5. The maximum absolute atomic E-state index is 12.5. The number of carbonyl (C=O) groups is 4. The molecule has 1 aromatic carbocycles. The SMILES string of the molecule is Cc1ccc(C(=O)COC(=O)C(C)N2C(=O)c3cc(Cl)c(Cl)cc3C2=O)s1. The van der Waals surface area contributed by atoms with E-state index in [2.05, 4.69) is 0 Å². The van der Waals surface area contributed by atoms with Crippen LogP contribution in [0, 0.1) is 6.92 Å². The van der Waals surface area contributed by atoms with Crippen LogP contribution in [0.15, 0.2) is 24.3 Å². The van der Waals surface area contributed by atoms with Crippen LogP contribution in [0.3, 0.4) is 0 Å². The molecule has 1 aromatic heterocycles. The van der Waals surface area contributed by atoms with Crippen LogP contribution in [0.1, 0.15) is 42.2 Å². The first-order valence-electron chi connectivity index (χ1n) is 7.84. The summed E-state index contributed by atoms with van der Waals surface area (Å²) in [5.41, 5.74) is 0.137. The van der Waals surface area contributed by atoms with E-state index in [1.807, 2.05) is 6.92 Å². The zero-order valence-corrected chi connectivity index (χ0v) is 16.6. The molecule has 0 radical (unpaired) electrons. The number of imide groups is 1. The summed E-state index contributed by atoms with van der Waals surface area (Å²) in [6, 6.07) is 4.82. The van der Waals surface area contributed by atoms with Crippen molar-refractivity contribution in [2.45, 2.75) is 19.9 Å². The average molecular weight is 426 g/mol. The van der Waals surface area contributed by atoms with E-state index in [1.165, 1.54) is 30.4 Å². The van der Waals surface area contributed by atoms with Gasteiger partial charge in [-0.1, -0.05) is 23.2 Å². The number of esters is 1. The molecule has 0 aliphatic carbocycles. The predicted octanol–water partition coefficient (Wildman–Crippen LogP) is 3.77. The van der Waals surface area contributed by atoms with Crippen LogP contribution >= 0.6 is 34.5 Å². The number of nitrogens with zero attached hydrogens (tertiary/aromatic N) is 1. The number of hydrogen-bond donors (Lipinski definition) is 0. The molecule has 0 bridgehead atoms. The number of carbonyl (C=O) groups excluding carboxylic acids is 4. The minimum Gasteiger partial charge on any atom is -0.456 e. The molecule has 2 aromatic rings. The van der Waals surface area contributed by atoms with Gasteiger partial charge >= 0.3 is 5.97 Å². The monoisotopic (exact) mass is 425 g/mol. The van der Waals surface area contributed by atoms with E-state index < -0.39 is 30.4 Å². The summed E-state index contributed by atoms with van der Waals surface area (Å²) >= 11 is 13.1. The van der Waals surface area contributed by atoms with Gasteiger partial charge < -0.3 is 4.74 Å². The van der Waals surface area contributed by atoms with Gasteiger partial charge in [0.25, 0.3) is 11.8 Å². The number of halogens is 2. The van der Waals surface area contributed by atoms with Gasteiger partial charge in [0.1, 0.15) is 6.04 Å². The van der Waals surface area contributed by atoms with Gasteiger partial charge in [-0.05, 0) is 38.1 Å². The molecule has 0 saturated heterocycles. The summed E-state index contributed by atoms with van der Waals surface area (Å²) in [5.74, 6) is -2.55. The Morgan fingerprint density at radius 1 is 1.11 bits per heavy atom. The molecule has 9 heteroatoms. The molecule has 27 heavy (non-hydrogen) atoms. The molecule has 1 unspecified atom stereocenters. The minimum atomic E-state index is -1.20. The molecule has 1 atom stereocenters. The summed E-state index contributed by atoms with van der Waals surface area (Å²) in [6.45, 7) is 2.74. The van der Waals surface area contributed by atoms with Crippen molar-refractivity contribution in [1.29, 1.82) is 0 Å². The third-order valence-electron chi connectivity index (χ3n) is 4.05. The Morgan fingerprint density at radius 2 is 1.67 bits per heavy atom. The molecule has 140 valence electrons. The quantitative estimate of drug-likeness (QED) is 0.413. The molecule has 2 heterocycles. The van der Waals surface area contributed by atoms with E-state index in [-0.39, 0.29) is 27.0 Å². The Balaban J connectivity index is 1.71. The molecule has 1 aliphatic heterocycles. The summed E-state index contributed by atoms with van der Waals surface area (Å²) in [7, 11) is 0. The van der Waals surface area contributed by atoms with Crippen LogP contribution in [0.2, 0.25) is 10.0 Å². The Morgan fingerprint density at radius 3 is 2.15 bits per heavy atom. The maximum Gasteiger partial charge on any atom is 0.329 e. The lowest BCUT2D eigenvalue weighted by Crippen LogP contribution is -2.44. The molecule has 3 rings (SSSR count). The smallest absolute Gasteiger partial charge is 0.329 e. The zero-order valence-electron chi connectivity index (χ0n) is 14.2. The van der Waals surface area contributed by atoms with Gasteiger partial charge in [-0.15, -0.1) is 11.3 Å². The van der Waals surface area contributed by atoms with Crippen molar-refractivity contribution in [2.75, 3.05) is 6.61 Å². The number of rotatable bonds is 5. The maximum atomic E-state index is 12.5. The average Bonchev–Trinajstić information content (AvgIpc) is 3.15. The van der Waals surface area contributed by atoms with E-state index in [1.54, 1.807) is 12.1 Å². The van der Waals surface area contributed by atoms with Crippen LogP contribution < -0.4 is 0 Å².